The maximum atomic E-state index is 6.03. The van der Waals surface area contributed by atoms with Crippen LogP contribution in [0.25, 0.3) is 0 Å². The first kappa shape index (κ1) is 13.3. The third kappa shape index (κ3) is 4.81. The zero-order valence-electron chi connectivity index (χ0n) is 9.42. The van der Waals surface area contributed by atoms with Crippen molar-refractivity contribution in [1.82, 2.24) is 10.6 Å². The fourth-order valence-corrected chi connectivity index (χ4v) is 1.64. The molecule has 1 aromatic carbocycles. The zero-order chi connectivity index (χ0) is 11.8. The Kier molecular flexibility index (Phi) is 6.19. The predicted molar refractivity (Wildman–Crippen MR) is 73.8 cm³/mol. The Bertz CT molecular complexity index is 342. The van der Waals surface area contributed by atoms with E-state index in [2.05, 4.69) is 17.6 Å². The Labute approximate surface area is 107 Å². The van der Waals surface area contributed by atoms with Gasteiger partial charge in [0.2, 0.25) is 0 Å². The minimum absolute atomic E-state index is 0.664. The van der Waals surface area contributed by atoms with E-state index in [1.807, 2.05) is 24.3 Å². The molecular formula is C12H17ClN2S. The van der Waals surface area contributed by atoms with Gasteiger partial charge in [-0.2, -0.15) is 0 Å². The van der Waals surface area contributed by atoms with Gasteiger partial charge >= 0.3 is 0 Å². The highest BCUT2D eigenvalue weighted by atomic mass is 35.5. The zero-order valence-corrected chi connectivity index (χ0v) is 11.0. The van der Waals surface area contributed by atoms with Crippen molar-refractivity contribution in [1.29, 1.82) is 0 Å². The highest BCUT2D eigenvalue weighted by molar-refractivity contribution is 7.80. The van der Waals surface area contributed by atoms with Crippen LogP contribution in [0.1, 0.15) is 25.3 Å². The van der Waals surface area contributed by atoms with Crippen LogP contribution in [0.3, 0.4) is 0 Å². The summed E-state index contributed by atoms with van der Waals surface area (Å²) >= 11 is 11.2. The van der Waals surface area contributed by atoms with E-state index >= 15 is 0 Å². The Morgan fingerprint density at radius 2 is 2.06 bits per heavy atom. The fourth-order valence-electron chi connectivity index (χ4n) is 1.26. The van der Waals surface area contributed by atoms with Crippen LogP contribution >= 0.6 is 23.8 Å². The van der Waals surface area contributed by atoms with Crippen LogP contribution in [0.15, 0.2) is 24.3 Å². The molecule has 1 aromatic rings. The van der Waals surface area contributed by atoms with E-state index in [1.165, 1.54) is 6.42 Å². The van der Waals surface area contributed by atoms with Crippen molar-refractivity contribution < 1.29 is 0 Å². The molecule has 0 amide bonds. The maximum absolute atomic E-state index is 6.03. The second-order valence-corrected chi connectivity index (χ2v) is 4.37. The van der Waals surface area contributed by atoms with E-state index in [-0.39, 0.29) is 0 Å². The predicted octanol–water partition coefficient (Wildman–Crippen LogP) is 3.10. The first-order chi connectivity index (χ1) is 7.74. The molecule has 16 heavy (non-hydrogen) atoms. The summed E-state index contributed by atoms with van der Waals surface area (Å²) in [5.74, 6) is 0. The van der Waals surface area contributed by atoms with Gasteiger partial charge in [-0.15, -0.1) is 0 Å². The lowest BCUT2D eigenvalue weighted by atomic mass is 10.2. The van der Waals surface area contributed by atoms with Gasteiger partial charge in [-0.1, -0.05) is 43.1 Å². The minimum Gasteiger partial charge on any atom is -0.363 e. The van der Waals surface area contributed by atoms with Gasteiger partial charge in [-0.3, -0.25) is 0 Å². The van der Waals surface area contributed by atoms with Crippen LogP contribution in [0.4, 0.5) is 0 Å². The molecule has 1 rings (SSSR count). The van der Waals surface area contributed by atoms with Gasteiger partial charge in [0.05, 0.1) is 0 Å². The SMILES string of the molecule is CCCCNC(=S)NCc1ccccc1Cl. The van der Waals surface area contributed by atoms with Crippen molar-refractivity contribution in [2.75, 3.05) is 6.54 Å². The average molecular weight is 257 g/mol. The topological polar surface area (TPSA) is 24.1 Å². The Hall–Kier alpha value is -0.800. The van der Waals surface area contributed by atoms with E-state index in [9.17, 15) is 0 Å². The van der Waals surface area contributed by atoms with Crippen molar-refractivity contribution in [2.24, 2.45) is 0 Å². The molecule has 0 aromatic heterocycles. The van der Waals surface area contributed by atoms with Crippen molar-refractivity contribution in [3.8, 4) is 0 Å². The van der Waals surface area contributed by atoms with Crippen LogP contribution in [0, 0.1) is 0 Å². The summed E-state index contributed by atoms with van der Waals surface area (Å²) in [4.78, 5) is 0. The molecule has 0 saturated carbocycles. The van der Waals surface area contributed by atoms with Crippen molar-refractivity contribution in [2.45, 2.75) is 26.3 Å². The molecule has 88 valence electrons. The van der Waals surface area contributed by atoms with E-state index in [1.54, 1.807) is 0 Å². The number of halogens is 1. The van der Waals surface area contributed by atoms with Gasteiger partial charge in [-0.05, 0) is 30.3 Å². The summed E-state index contributed by atoms with van der Waals surface area (Å²) in [7, 11) is 0. The second kappa shape index (κ2) is 7.47. The molecule has 0 radical (unpaired) electrons. The lowest BCUT2D eigenvalue weighted by molar-refractivity contribution is 0.739. The van der Waals surface area contributed by atoms with E-state index < -0.39 is 0 Å². The molecule has 2 N–H and O–H groups in total. The van der Waals surface area contributed by atoms with Crippen LogP contribution in [-0.4, -0.2) is 11.7 Å². The third-order valence-corrected chi connectivity index (χ3v) is 2.87. The smallest absolute Gasteiger partial charge is 0.166 e. The lowest BCUT2D eigenvalue weighted by Crippen LogP contribution is -2.35. The summed E-state index contributed by atoms with van der Waals surface area (Å²) in [6.07, 6.45) is 2.30. The molecule has 4 heteroatoms. The number of hydrogen-bond donors (Lipinski definition) is 2. The minimum atomic E-state index is 0.664. The van der Waals surface area contributed by atoms with Crippen molar-refractivity contribution in [3.05, 3.63) is 34.9 Å². The molecule has 0 spiro atoms. The quantitative estimate of drug-likeness (QED) is 0.625. The van der Waals surface area contributed by atoms with Gasteiger partial charge in [0.25, 0.3) is 0 Å². The van der Waals surface area contributed by atoms with Crippen LogP contribution in [0.2, 0.25) is 5.02 Å². The first-order valence-electron chi connectivity index (χ1n) is 5.49. The molecule has 0 heterocycles. The Morgan fingerprint density at radius 3 is 2.75 bits per heavy atom. The number of hydrogen-bond acceptors (Lipinski definition) is 1. The number of unbranched alkanes of at least 4 members (excludes halogenated alkanes) is 1. The average Bonchev–Trinajstić information content (AvgIpc) is 2.28. The number of benzene rings is 1. The van der Waals surface area contributed by atoms with E-state index in [4.69, 9.17) is 23.8 Å². The fraction of sp³-hybridized carbons (Fsp3) is 0.417. The molecule has 0 fully saturated rings. The third-order valence-electron chi connectivity index (χ3n) is 2.21. The highest BCUT2D eigenvalue weighted by Gasteiger charge is 1.99. The summed E-state index contributed by atoms with van der Waals surface area (Å²) in [5.41, 5.74) is 1.06. The molecule has 0 saturated heterocycles. The Balaban J connectivity index is 2.29. The highest BCUT2D eigenvalue weighted by Crippen LogP contribution is 2.13. The Morgan fingerprint density at radius 1 is 1.31 bits per heavy atom. The molecule has 0 aliphatic rings. The largest absolute Gasteiger partial charge is 0.363 e. The monoisotopic (exact) mass is 256 g/mol. The number of rotatable bonds is 5. The van der Waals surface area contributed by atoms with E-state index in [0.717, 1.165) is 23.6 Å². The summed E-state index contributed by atoms with van der Waals surface area (Å²) < 4.78 is 0. The number of thiocarbonyl (C=S) groups is 1. The van der Waals surface area contributed by atoms with Gasteiger partial charge in [0, 0.05) is 18.1 Å². The molecule has 0 unspecified atom stereocenters. The molecule has 0 atom stereocenters. The molecule has 0 bridgehead atoms. The van der Waals surface area contributed by atoms with Crippen molar-refractivity contribution in [3.63, 3.8) is 0 Å². The summed E-state index contributed by atoms with van der Waals surface area (Å²) in [6, 6.07) is 7.76. The van der Waals surface area contributed by atoms with Crippen LogP contribution < -0.4 is 10.6 Å². The van der Waals surface area contributed by atoms with Gasteiger partial charge in [0.1, 0.15) is 0 Å². The van der Waals surface area contributed by atoms with Gasteiger partial charge in [-0.25, -0.2) is 0 Å². The molecule has 2 nitrogen and oxygen atoms in total. The molecule has 0 aliphatic carbocycles. The maximum Gasteiger partial charge on any atom is 0.166 e. The number of nitrogens with one attached hydrogen (secondary N) is 2. The normalized spacial score (nSPS) is 9.88. The van der Waals surface area contributed by atoms with E-state index in [0.29, 0.717) is 11.7 Å². The summed E-state index contributed by atoms with van der Waals surface area (Å²) in [6.45, 7) is 3.74. The standard InChI is InChI=1S/C12H17ClN2S/c1-2-3-8-14-12(16)15-9-10-6-4-5-7-11(10)13/h4-7H,2-3,8-9H2,1H3,(H2,14,15,16). The second-order valence-electron chi connectivity index (χ2n) is 3.55. The summed E-state index contributed by atoms with van der Waals surface area (Å²) in [5, 5.41) is 7.74. The lowest BCUT2D eigenvalue weighted by Gasteiger charge is -2.10. The van der Waals surface area contributed by atoms with Crippen molar-refractivity contribution >= 4 is 28.9 Å². The first-order valence-corrected chi connectivity index (χ1v) is 6.27. The van der Waals surface area contributed by atoms with Gasteiger partial charge < -0.3 is 10.6 Å². The van der Waals surface area contributed by atoms with Crippen LogP contribution in [0.5, 0.6) is 0 Å². The molecular weight excluding hydrogens is 240 g/mol. The molecule has 0 aliphatic heterocycles. The van der Waals surface area contributed by atoms with Crippen LogP contribution in [-0.2, 0) is 6.54 Å². The van der Waals surface area contributed by atoms with Gasteiger partial charge in [0.15, 0.2) is 5.11 Å².